The van der Waals surface area contributed by atoms with Crippen molar-refractivity contribution in [2.75, 3.05) is 0 Å². The van der Waals surface area contributed by atoms with Crippen molar-refractivity contribution in [3.63, 3.8) is 0 Å². The summed E-state index contributed by atoms with van der Waals surface area (Å²) in [5, 5.41) is 0. The number of carbonyl (C=O) groups excluding carboxylic acids is 1. The van der Waals surface area contributed by atoms with Gasteiger partial charge in [-0.15, -0.1) is 0 Å². The highest BCUT2D eigenvalue weighted by Gasteiger charge is 2.20. The molecule has 0 N–H and O–H groups in total. The van der Waals surface area contributed by atoms with Crippen LogP contribution in [0.3, 0.4) is 0 Å². The topological polar surface area (TPSA) is 26.3 Å². The Kier molecular flexibility index (Phi) is 2.22. The summed E-state index contributed by atoms with van der Waals surface area (Å²) in [6, 6.07) is 14.2. The van der Waals surface area contributed by atoms with Crippen LogP contribution in [0.4, 0.5) is 0 Å². The van der Waals surface area contributed by atoms with E-state index in [2.05, 4.69) is 31.2 Å². The van der Waals surface area contributed by atoms with Gasteiger partial charge in [0, 0.05) is 5.56 Å². The number of carbonyl (C=O) groups is 1. The smallest absolute Gasteiger partial charge is 0.338 e. The van der Waals surface area contributed by atoms with Crippen LogP contribution in [0.5, 0.6) is 0 Å². The maximum Gasteiger partial charge on any atom is 0.338 e. The van der Waals surface area contributed by atoms with Crippen LogP contribution in [-0.4, -0.2) is 5.97 Å². The van der Waals surface area contributed by atoms with E-state index in [1.54, 1.807) is 0 Å². The average Bonchev–Trinajstić information content (AvgIpc) is 2.72. The molecule has 2 aromatic rings. The number of aryl methyl sites for hydroxylation is 1. The summed E-state index contributed by atoms with van der Waals surface area (Å²) in [5.74, 6) is -0.213. The molecule has 0 aromatic heterocycles. The molecule has 1 heterocycles. The molecule has 1 aliphatic heterocycles. The number of fused-ring (bicyclic) bond motifs is 1. The Bertz CT molecular complexity index is 582. The Morgan fingerprint density at radius 1 is 1.00 bits per heavy atom. The Balaban J connectivity index is 2.05. The molecule has 0 bridgehead atoms. The van der Waals surface area contributed by atoms with E-state index in [-0.39, 0.29) is 5.97 Å². The zero-order valence-corrected chi connectivity index (χ0v) is 9.57. The molecule has 0 radical (unpaired) electrons. The van der Waals surface area contributed by atoms with Crippen molar-refractivity contribution in [3.8, 4) is 11.1 Å². The largest absolute Gasteiger partial charge is 0.457 e. The molecule has 2 aromatic carbocycles. The highest BCUT2D eigenvalue weighted by atomic mass is 16.5. The van der Waals surface area contributed by atoms with Crippen LogP contribution in [0, 0.1) is 6.92 Å². The molecule has 0 saturated heterocycles. The number of rotatable bonds is 1. The van der Waals surface area contributed by atoms with Gasteiger partial charge in [0.25, 0.3) is 0 Å². The van der Waals surface area contributed by atoms with E-state index in [0.717, 1.165) is 16.7 Å². The van der Waals surface area contributed by atoms with E-state index < -0.39 is 0 Å². The lowest BCUT2D eigenvalue weighted by Crippen LogP contribution is -1.92. The van der Waals surface area contributed by atoms with Crippen molar-refractivity contribution in [3.05, 3.63) is 59.2 Å². The fourth-order valence-corrected chi connectivity index (χ4v) is 2.06. The molecule has 0 amide bonds. The van der Waals surface area contributed by atoms with Gasteiger partial charge in [-0.2, -0.15) is 0 Å². The van der Waals surface area contributed by atoms with Crippen molar-refractivity contribution >= 4 is 5.97 Å². The van der Waals surface area contributed by atoms with Crippen LogP contribution in [0.1, 0.15) is 21.5 Å². The molecule has 2 heteroatoms. The van der Waals surface area contributed by atoms with Crippen molar-refractivity contribution in [1.29, 1.82) is 0 Å². The SMILES string of the molecule is Cc1ccc(-c2ccc3c(c2)COC3=O)cc1. The lowest BCUT2D eigenvalue weighted by molar-refractivity contribution is 0.0535. The maximum atomic E-state index is 11.3. The summed E-state index contributed by atoms with van der Waals surface area (Å²) in [7, 11) is 0. The first-order chi connectivity index (χ1) is 8.24. The normalized spacial score (nSPS) is 13.4. The molecule has 0 atom stereocenters. The Hall–Kier alpha value is -2.09. The Morgan fingerprint density at radius 3 is 2.47 bits per heavy atom. The van der Waals surface area contributed by atoms with Crippen LogP contribution in [0.2, 0.25) is 0 Å². The second-order valence-corrected chi connectivity index (χ2v) is 4.31. The summed E-state index contributed by atoms with van der Waals surface area (Å²) in [6.45, 7) is 2.47. The molecular formula is C15H12O2. The first kappa shape index (κ1) is 10.1. The first-order valence-electron chi connectivity index (χ1n) is 5.61. The molecule has 0 saturated carbocycles. The van der Waals surface area contributed by atoms with E-state index in [0.29, 0.717) is 12.2 Å². The van der Waals surface area contributed by atoms with E-state index in [1.807, 2.05) is 18.2 Å². The van der Waals surface area contributed by atoms with Gasteiger partial charge < -0.3 is 4.74 Å². The van der Waals surface area contributed by atoms with Gasteiger partial charge in [0.1, 0.15) is 6.61 Å². The predicted octanol–water partition coefficient (Wildman–Crippen LogP) is 3.33. The lowest BCUT2D eigenvalue weighted by Gasteiger charge is -2.03. The third kappa shape index (κ3) is 1.72. The van der Waals surface area contributed by atoms with Crippen molar-refractivity contribution < 1.29 is 9.53 Å². The molecule has 0 aliphatic carbocycles. The van der Waals surface area contributed by atoms with Gasteiger partial charge in [0.15, 0.2) is 0 Å². The minimum absolute atomic E-state index is 0.213. The van der Waals surface area contributed by atoms with Gasteiger partial charge in [0.2, 0.25) is 0 Å². The standard InChI is InChI=1S/C15H12O2/c1-10-2-4-11(5-3-10)12-6-7-14-13(8-12)9-17-15(14)16/h2-8H,9H2,1H3. The molecule has 84 valence electrons. The Morgan fingerprint density at radius 2 is 1.71 bits per heavy atom. The van der Waals surface area contributed by atoms with E-state index in [1.165, 1.54) is 5.56 Å². The van der Waals surface area contributed by atoms with Crippen LogP contribution >= 0.6 is 0 Å². The van der Waals surface area contributed by atoms with E-state index in [9.17, 15) is 4.79 Å². The second kappa shape index (κ2) is 3.74. The molecule has 0 unspecified atom stereocenters. The number of ether oxygens (including phenoxy) is 1. The van der Waals surface area contributed by atoms with Gasteiger partial charge in [-0.3, -0.25) is 0 Å². The molecule has 1 aliphatic rings. The summed E-state index contributed by atoms with van der Waals surface area (Å²) in [4.78, 5) is 11.3. The number of hydrogen-bond donors (Lipinski definition) is 0. The van der Waals surface area contributed by atoms with Gasteiger partial charge in [0.05, 0.1) is 5.56 Å². The van der Waals surface area contributed by atoms with E-state index in [4.69, 9.17) is 4.74 Å². The van der Waals surface area contributed by atoms with Crippen LogP contribution in [-0.2, 0) is 11.3 Å². The van der Waals surface area contributed by atoms with Gasteiger partial charge in [-0.25, -0.2) is 4.79 Å². The third-order valence-corrected chi connectivity index (χ3v) is 3.07. The highest BCUT2D eigenvalue weighted by molar-refractivity contribution is 5.94. The highest BCUT2D eigenvalue weighted by Crippen LogP contribution is 2.27. The summed E-state index contributed by atoms with van der Waals surface area (Å²) >= 11 is 0. The zero-order chi connectivity index (χ0) is 11.8. The third-order valence-electron chi connectivity index (χ3n) is 3.07. The number of hydrogen-bond acceptors (Lipinski definition) is 2. The molecule has 17 heavy (non-hydrogen) atoms. The van der Waals surface area contributed by atoms with Gasteiger partial charge in [-0.1, -0.05) is 35.9 Å². The van der Waals surface area contributed by atoms with Crippen LogP contribution < -0.4 is 0 Å². The molecular weight excluding hydrogens is 212 g/mol. The molecule has 3 rings (SSSR count). The van der Waals surface area contributed by atoms with Crippen molar-refractivity contribution in [2.24, 2.45) is 0 Å². The van der Waals surface area contributed by atoms with Crippen LogP contribution in [0.25, 0.3) is 11.1 Å². The summed E-state index contributed by atoms with van der Waals surface area (Å²) in [6.07, 6.45) is 0. The minimum Gasteiger partial charge on any atom is -0.457 e. The summed E-state index contributed by atoms with van der Waals surface area (Å²) in [5.41, 5.74) is 5.21. The summed E-state index contributed by atoms with van der Waals surface area (Å²) < 4.78 is 4.99. The van der Waals surface area contributed by atoms with Crippen LogP contribution in [0.15, 0.2) is 42.5 Å². The predicted molar refractivity (Wildman–Crippen MR) is 65.7 cm³/mol. The fraction of sp³-hybridized carbons (Fsp3) is 0.133. The minimum atomic E-state index is -0.213. The number of benzene rings is 2. The molecule has 2 nitrogen and oxygen atoms in total. The van der Waals surface area contributed by atoms with E-state index >= 15 is 0 Å². The average molecular weight is 224 g/mol. The van der Waals surface area contributed by atoms with Gasteiger partial charge in [-0.05, 0) is 30.2 Å². The number of cyclic esters (lactones) is 1. The molecule has 0 spiro atoms. The quantitative estimate of drug-likeness (QED) is 0.694. The number of esters is 1. The Labute approximate surface area is 99.9 Å². The lowest BCUT2D eigenvalue weighted by atomic mass is 10.00. The monoisotopic (exact) mass is 224 g/mol. The van der Waals surface area contributed by atoms with Gasteiger partial charge >= 0.3 is 5.97 Å². The first-order valence-corrected chi connectivity index (χ1v) is 5.61. The second-order valence-electron chi connectivity index (χ2n) is 4.31. The van der Waals surface area contributed by atoms with Crippen molar-refractivity contribution in [2.45, 2.75) is 13.5 Å². The van der Waals surface area contributed by atoms with Crippen molar-refractivity contribution in [1.82, 2.24) is 0 Å². The zero-order valence-electron chi connectivity index (χ0n) is 9.57. The molecule has 0 fully saturated rings. The fourth-order valence-electron chi connectivity index (χ4n) is 2.06. The maximum absolute atomic E-state index is 11.3.